The summed E-state index contributed by atoms with van der Waals surface area (Å²) < 4.78 is 14.3. The van der Waals surface area contributed by atoms with Gasteiger partial charge in [-0.2, -0.15) is 4.76 Å². The molecule has 0 amide bonds. The summed E-state index contributed by atoms with van der Waals surface area (Å²) in [6.07, 6.45) is 3.86. The van der Waals surface area contributed by atoms with Gasteiger partial charge in [0, 0.05) is 12.5 Å². The minimum atomic E-state index is -4.72. The van der Waals surface area contributed by atoms with Crippen LogP contribution < -0.4 is 0 Å². The summed E-state index contributed by atoms with van der Waals surface area (Å²) in [7, 11) is -4.72. The molecular weight excluding hydrogens is 333 g/mol. The number of hydrogen-bond donors (Lipinski definition) is 4. The summed E-state index contributed by atoms with van der Waals surface area (Å²) >= 11 is 0. The number of aliphatic hydroxyl groups is 1. The molecule has 0 heterocycles. The second kappa shape index (κ2) is 7.13. The van der Waals surface area contributed by atoms with E-state index in [9.17, 15) is 19.6 Å². The highest BCUT2D eigenvalue weighted by atomic mass is 31.2. The van der Waals surface area contributed by atoms with Crippen LogP contribution in [0.3, 0.4) is 0 Å². The molecular formula is C16H18NO6P. The van der Waals surface area contributed by atoms with Crippen molar-refractivity contribution in [1.82, 2.24) is 0 Å². The monoisotopic (exact) mass is 351 g/mol. The van der Waals surface area contributed by atoms with Crippen LogP contribution in [0.15, 0.2) is 53.0 Å². The second-order valence-electron chi connectivity index (χ2n) is 5.61. The zero-order valence-electron chi connectivity index (χ0n) is 12.9. The fourth-order valence-electron chi connectivity index (χ4n) is 2.45. The van der Waals surface area contributed by atoms with Crippen molar-refractivity contribution in [3.8, 4) is 5.75 Å². The number of phenolic OH excluding ortho intramolecular Hbond substituents is 1. The van der Waals surface area contributed by atoms with E-state index in [0.29, 0.717) is 0 Å². The van der Waals surface area contributed by atoms with Gasteiger partial charge in [0.05, 0.1) is 11.6 Å². The summed E-state index contributed by atoms with van der Waals surface area (Å²) in [5.74, 6) is -1.44. The third-order valence-electron chi connectivity index (χ3n) is 3.64. The smallest absolute Gasteiger partial charge is 0.448 e. The van der Waals surface area contributed by atoms with Crippen LogP contribution in [-0.2, 0) is 9.36 Å². The molecule has 0 saturated heterocycles. The van der Waals surface area contributed by atoms with E-state index in [4.69, 9.17) is 9.79 Å². The first-order valence-corrected chi connectivity index (χ1v) is 8.78. The number of ketones is 1. The molecule has 1 aromatic carbocycles. The predicted octanol–water partition coefficient (Wildman–Crippen LogP) is 2.62. The lowest BCUT2D eigenvalue weighted by atomic mass is 9.86. The SMILES string of the molecule is CC(CC(=O)C1C=CC(O)=CC1=NP(=O)(O)O)c1ccc(O)cc1. The maximum absolute atomic E-state index is 12.5. The molecule has 0 fully saturated rings. The van der Waals surface area contributed by atoms with Crippen molar-refractivity contribution in [3.63, 3.8) is 0 Å². The van der Waals surface area contributed by atoms with Crippen LogP contribution in [0.1, 0.15) is 24.8 Å². The molecule has 8 heteroatoms. The van der Waals surface area contributed by atoms with Gasteiger partial charge < -0.3 is 20.0 Å². The van der Waals surface area contributed by atoms with E-state index < -0.39 is 13.7 Å². The molecule has 128 valence electrons. The van der Waals surface area contributed by atoms with Gasteiger partial charge in [-0.05, 0) is 29.7 Å². The molecule has 1 aliphatic rings. The van der Waals surface area contributed by atoms with Crippen molar-refractivity contribution in [2.24, 2.45) is 10.7 Å². The van der Waals surface area contributed by atoms with Crippen LogP contribution in [0, 0.1) is 5.92 Å². The molecule has 0 spiro atoms. The number of benzene rings is 1. The first kappa shape index (κ1) is 18.1. The van der Waals surface area contributed by atoms with Crippen molar-refractivity contribution in [2.75, 3.05) is 0 Å². The fraction of sp³-hybridized carbons (Fsp3) is 0.250. The van der Waals surface area contributed by atoms with Gasteiger partial charge in [0.1, 0.15) is 17.3 Å². The predicted molar refractivity (Wildman–Crippen MR) is 89.0 cm³/mol. The average molecular weight is 351 g/mol. The standard InChI is InChI=1S/C16H18NO6P/c1-10(11-2-4-12(18)5-3-11)8-16(20)14-7-6-13(19)9-15(14)17-24(21,22)23/h2-7,9-10,14,18-19H,8H2,1H3,(H2,21,22,23). The van der Waals surface area contributed by atoms with E-state index in [1.807, 2.05) is 6.92 Å². The van der Waals surface area contributed by atoms with E-state index in [0.717, 1.165) is 11.6 Å². The van der Waals surface area contributed by atoms with Crippen LogP contribution in [-0.4, -0.2) is 31.5 Å². The molecule has 7 nitrogen and oxygen atoms in total. The van der Waals surface area contributed by atoms with E-state index in [2.05, 4.69) is 4.76 Å². The van der Waals surface area contributed by atoms with Crippen LogP contribution in [0.4, 0.5) is 0 Å². The minimum absolute atomic E-state index is 0.120. The largest absolute Gasteiger partial charge is 0.508 e. The van der Waals surface area contributed by atoms with Gasteiger partial charge in [-0.3, -0.25) is 4.79 Å². The van der Waals surface area contributed by atoms with Crippen LogP contribution in [0.5, 0.6) is 5.75 Å². The van der Waals surface area contributed by atoms with E-state index in [1.165, 1.54) is 24.3 Å². The third kappa shape index (κ3) is 4.89. The van der Waals surface area contributed by atoms with Crippen LogP contribution in [0.2, 0.25) is 0 Å². The van der Waals surface area contributed by atoms with Gasteiger partial charge in [-0.1, -0.05) is 25.1 Å². The average Bonchev–Trinajstić information content (AvgIpc) is 2.46. The highest BCUT2D eigenvalue weighted by Gasteiger charge is 2.27. The lowest BCUT2D eigenvalue weighted by Crippen LogP contribution is -2.24. The Hall–Kier alpha value is -2.21. The topological polar surface area (TPSA) is 127 Å². The molecule has 0 radical (unpaired) electrons. The maximum Gasteiger partial charge on any atom is 0.448 e. The first-order chi connectivity index (χ1) is 11.2. The number of carbonyl (C=O) groups is 1. The Morgan fingerprint density at radius 2 is 1.88 bits per heavy atom. The number of phenols is 1. The summed E-state index contributed by atoms with van der Waals surface area (Å²) in [4.78, 5) is 30.5. The maximum atomic E-state index is 12.5. The normalized spacial score (nSPS) is 20.7. The molecule has 1 aromatic rings. The number of rotatable bonds is 5. The lowest BCUT2D eigenvalue weighted by molar-refractivity contribution is -0.120. The van der Waals surface area contributed by atoms with Crippen molar-refractivity contribution in [1.29, 1.82) is 0 Å². The molecule has 0 bridgehead atoms. The Balaban J connectivity index is 2.18. The summed E-state index contributed by atoms with van der Waals surface area (Å²) in [5.41, 5.74) is 0.694. The van der Waals surface area contributed by atoms with Crippen molar-refractivity contribution >= 4 is 19.2 Å². The van der Waals surface area contributed by atoms with Crippen LogP contribution in [0.25, 0.3) is 0 Å². The Morgan fingerprint density at radius 3 is 2.46 bits per heavy atom. The van der Waals surface area contributed by atoms with Gasteiger partial charge in [0.2, 0.25) is 0 Å². The zero-order chi connectivity index (χ0) is 17.9. The van der Waals surface area contributed by atoms with E-state index >= 15 is 0 Å². The van der Waals surface area contributed by atoms with Crippen molar-refractivity contribution in [2.45, 2.75) is 19.3 Å². The summed E-state index contributed by atoms with van der Waals surface area (Å²) in [5, 5.41) is 18.8. The molecule has 2 unspecified atom stereocenters. The lowest BCUT2D eigenvalue weighted by Gasteiger charge is -2.18. The fourth-order valence-corrected chi connectivity index (χ4v) is 2.93. The summed E-state index contributed by atoms with van der Waals surface area (Å²) in [6.45, 7) is 1.84. The molecule has 4 N–H and O–H groups in total. The Bertz CT molecular complexity index is 759. The molecule has 2 rings (SSSR count). The molecule has 24 heavy (non-hydrogen) atoms. The number of hydrogen-bond acceptors (Lipinski definition) is 4. The van der Waals surface area contributed by atoms with Crippen molar-refractivity contribution < 1.29 is 29.4 Å². The molecule has 2 atom stereocenters. The van der Waals surface area contributed by atoms with Crippen molar-refractivity contribution in [3.05, 3.63) is 53.8 Å². The number of aromatic hydroxyl groups is 1. The molecule has 0 aliphatic heterocycles. The Kier molecular flexibility index (Phi) is 5.39. The second-order valence-corrected chi connectivity index (χ2v) is 6.83. The van der Waals surface area contributed by atoms with Crippen LogP contribution >= 0.6 is 7.75 Å². The zero-order valence-corrected chi connectivity index (χ0v) is 13.8. The molecule has 0 saturated carbocycles. The van der Waals surface area contributed by atoms with Gasteiger partial charge in [0.25, 0.3) is 0 Å². The van der Waals surface area contributed by atoms with Gasteiger partial charge in [-0.15, -0.1) is 0 Å². The summed E-state index contributed by atoms with van der Waals surface area (Å²) in [6, 6.07) is 6.47. The number of allylic oxidation sites excluding steroid dienone is 3. The highest BCUT2D eigenvalue weighted by molar-refractivity contribution is 7.50. The molecule has 1 aliphatic carbocycles. The third-order valence-corrected chi connectivity index (χ3v) is 4.13. The number of aliphatic hydroxyl groups excluding tert-OH is 1. The number of carbonyl (C=O) groups excluding carboxylic acids is 1. The number of nitrogens with zero attached hydrogens (tertiary/aromatic N) is 1. The Morgan fingerprint density at radius 1 is 1.25 bits per heavy atom. The van der Waals surface area contributed by atoms with Gasteiger partial charge in [-0.25, -0.2) is 4.57 Å². The van der Waals surface area contributed by atoms with E-state index in [1.54, 1.807) is 12.1 Å². The minimum Gasteiger partial charge on any atom is -0.508 e. The first-order valence-electron chi connectivity index (χ1n) is 7.22. The quantitative estimate of drug-likeness (QED) is 0.604. The van der Waals surface area contributed by atoms with E-state index in [-0.39, 0.29) is 35.3 Å². The highest BCUT2D eigenvalue weighted by Crippen LogP contribution is 2.38. The van der Waals surface area contributed by atoms with Gasteiger partial charge in [0.15, 0.2) is 0 Å². The number of Topliss-reactive ketones (excluding diaryl/α,β-unsaturated/α-hetero) is 1. The molecule has 0 aromatic heterocycles. The van der Waals surface area contributed by atoms with Gasteiger partial charge >= 0.3 is 7.75 Å². The Labute approximate surface area is 138 Å².